The highest BCUT2D eigenvalue weighted by Crippen LogP contribution is 2.28. The Bertz CT molecular complexity index is 747. The Morgan fingerprint density at radius 3 is 2.48 bits per heavy atom. The summed E-state index contributed by atoms with van der Waals surface area (Å²) in [5.41, 5.74) is -0.268. The minimum absolute atomic E-state index is 0.0388. The number of nitro groups is 1. The number of nitrogens with zero attached hydrogens (tertiary/aromatic N) is 1. The van der Waals surface area contributed by atoms with E-state index in [0.29, 0.717) is 5.75 Å². The quantitative estimate of drug-likeness (QED) is 0.314. The lowest BCUT2D eigenvalue weighted by atomic mass is 10.2. The lowest BCUT2D eigenvalue weighted by Gasteiger charge is -2.08. The van der Waals surface area contributed by atoms with Crippen LogP contribution in [0.2, 0.25) is 0 Å². The third-order valence-electron chi connectivity index (χ3n) is 3.09. The largest absolute Gasteiger partial charge is 0.490 e. The smallest absolute Gasteiger partial charge is 0.338 e. The summed E-state index contributed by atoms with van der Waals surface area (Å²) in [5, 5.41) is 11.0. The van der Waals surface area contributed by atoms with Gasteiger partial charge >= 0.3 is 11.7 Å². The molecule has 0 unspecified atom stereocenters. The average molecular weight is 349 g/mol. The van der Waals surface area contributed by atoms with Crippen molar-refractivity contribution >= 4 is 11.7 Å². The Kier molecular flexibility index (Phi) is 6.27. The van der Waals surface area contributed by atoms with E-state index in [2.05, 4.69) is 0 Å². The van der Waals surface area contributed by atoms with Crippen LogP contribution in [0.25, 0.3) is 0 Å². The monoisotopic (exact) mass is 349 g/mol. The van der Waals surface area contributed by atoms with Crippen LogP contribution < -0.4 is 9.47 Å². The summed E-state index contributed by atoms with van der Waals surface area (Å²) in [4.78, 5) is 22.4. The molecule has 0 atom stereocenters. The van der Waals surface area contributed by atoms with Crippen molar-refractivity contribution in [3.63, 3.8) is 0 Å². The summed E-state index contributed by atoms with van der Waals surface area (Å²) in [6, 6.07) is 9.25. The zero-order chi connectivity index (χ0) is 18.2. The fourth-order valence-electron chi connectivity index (χ4n) is 1.97. The SMILES string of the molecule is CCOc1ccc(C(=O)OCCOc2ccc(F)cc2)cc1[N+](=O)[O-]. The predicted octanol–water partition coefficient (Wildman–Crippen LogP) is 3.37. The number of esters is 1. The van der Waals surface area contributed by atoms with Crippen molar-refractivity contribution in [3.8, 4) is 11.5 Å². The highest BCUT2D eigenvalue weighted by molar-refractivity contribution is 5.90. The molecule has 2 aromatic carbocycles. The zero-order valence-electron chi connectivity index (χ0n) is 13.4. The van der Waals surface area contributed by atoms with E-state index in [1.165, 1.54) is 36.4 Å². The number of carbonyl (C=O) groups is 1. The molecule has 0 fully saturated rings. The number of hydrogen-bond donors (Lipinski definition) is 0. The van der Waals surface area contributed by atoms with Gasteiger partial charge in [0.1, 0.15) is 24.8 Å². The number of halogens is 1. The van der Waals surface area contributed by atoms with E-state index in [9.17, 15) is 19.3 Å². The molecule has 0 radical (unpaired) electrons. The van der Waals surface area contributed by atoms with Gasteiger partial charge in [0.25, 0.3) is 0 Å². The lowest BCUT2D eigenvalue weighted by molar-refractivity contribution is -0.385. The fourth-order valence-corrected chi connectivity index (χ4v) is 1.97. The number of ether oxygens (including phenoxy) is 3. The Labute approximate surface area is 143 Å². The van der Waals surface area contributed by atoms with E-state index < -0.39 is 10.9 Å². The van der Waals surface area contributed by atoms with E-state index in [0.717, 1.165) is 6.07 Å². The van der Waals surface area contributed by atoms with Crippen molar-refractivity contribution < 1.29 is 28.3 Å². The van der Waals surface area contributed by atoms with Crippen LogP contribution in [0.15, 0.2) is 42.5 Å². The van der Waals surface area contributed by atoms with Crippen molar-refractivity contribution in [3.05, 3.63) is 64.0 Å². The molecule has 2 aromatic rings. The Hall–Kier alpha value is -3.16. The third-order valence-corrected chi connectivity index (χ3v) is 3.09. The molecule has 0 saturated heterocycles. The van der Waals surface area contributed by atoms with Crippen molar-refractivity contribution in [2.45, 2.75) is 6.92 Å². The molecule has 132 valence electrons. The number of benzene rings is 2. The van der Waals surface area contributed by atoms with Gasteiger partial charge in [0.05, 0.1) is 17.1 Å². The number of hydrogen-bond acceptors (Lipinski definition) is 6. The minimum atomic E-state index is -0.714. The van der Waals surface area contributed by atoms with Crippen LogP contribution in [0.5, 0.6) is 11.5 Å². The number of carbonyl (C=O) groups excluding carboxylic acids is 1. The van der Waals surface area contributed by atoms with E-state index in [1.54, 1.807) is 6.92 Å². The molecule has 0 spiro atoms. The van der Waals surface area contributed by atoms with Crippen LogP contribution >= 0.6 is 0 Å². The first kappa shape index (κ1) is 18.2. The molecule has 0 aliphatic heterocycles. The summed E-state index contributed by atoms with van der Waals surface area (Å²) in [6.45, 7) is 1.98. The van der Waals surface area contributed by atoms with Crippen LogP contribution in [0.4, 0.5) is 10.1 Å². The molecule has 2 rings (SSSR count). The molecule has 8 heteroatoms. The molecular weight excluding hydrogens is 333 g/mol. The van der Waals surface area contributed by atoms with Gasteiger partial charge in [-0.3, -0.25) is 10.1 Å². The summed E-state index contributed by atoms with van der Waals surface area (Å²) in [7, 11) is 0. The second-order valence-corrected chi connectivity index (χ2v) is 4.81. The third kappa shape index (κ3) is 5.17. The zero-order valence-corrected chi connectivity index (χ0v) is 13.4. The summed E-state index contributed by atoms with van der Waals surface area (Å²) >= 11 is 0. The molecular formula is C17H16FNO6. The van der Waals surface area contributed by atoms with Gasteiger partial charge in [0, 0.05) is 6.07 Å². The van der Waals surface area contributed by atoms with E-state index in [4.69, 9.17) is 14.2 Å². The first-order chi connectivity index (χ1) is 12.0. The second-order valence-electron chi connectivity index (χ2n) is 4.81. The van der Waals surface area contributed by atoms with Gasteiger partial charge < -0.3 is 14.2 Å². The molecule has 0 heterocycles. The molecule has 0 aliphatic carbocycles. The molecule has 0 amide bonds. The first-order valence-electron chi connectivity index (χ1n) is 7.48. The Balaban J connectivity index is 1.90. The van der Waals surface area contributed by atoms with Gasteiger partial charge in [-0.25, -0.2) is 9.18 Å². The predicted molar refractivity (Wildman–Crippen MR) is 86.4 cm³/mol. The van der Waals surface area contributed by atoms with E-state index in [-0.39, 0.29) is 42.6 Å². The van der Waals surface area contributed by atoms with E-state index >= 15 is 0 Å². The van der Waals surface area contributed by atoms with Gasteiger partial charge in [-0.15, -0.1) is 0 Å². The van der Waals surface area contributed by atoms with Crippen LogP contribution in [-0.4, -0.2) is 30.7 Å². The van der Waals surface area contributed by atoms with Gasteiger partial charge in [-0.2, -0.15) is 0 Å². The van der Waals surface area contributed by atoms with Crippen LogP contribution in [0.3, 0.4) is 0 Å². The average Bonchev–Trinajstić information content (AvgIpc) is 2.60. The first-order valence-corrected chi connectivity index (χ1v) is 7.48. The summed E-state index contributed by atoms with van der Waals surface area (Å²) in [6.07, 6.45) is 0. The van der Waals surface area contributed by atoms with E-state index in [1.807, 2.05) is 0 Å². The molecule has 0 N–H and O–H groups in total. The van der Waals surface area contributed by atoms with Crippen molar-refractivity contribution in [1.29, 1.82) is 0 Å². The maximum absolute atomic E-state index is 12.8. The normalized spacial score (nSPS) is 10.2. The lowest BCUT2D eigenvalue weighted by Crippen LogP contribution is -2.12. The highest BCUT2D eigenvalue weighted by Gasteiger charge is 2.19. The molecule has 0 aliphatic rings. The molecule has 0 bridgehead atoms. The summed E-state index contributed by atoms with van der Waals surface area (Å²) < 4.78 is 28.2. The number of rotatable bonds is 8. The van der Waals surface area contributed by atoms with Crippen LogP contribution in [0, 0.1) is 15.9 Å². The molecule has 25 heavy (non-hydrogen) atoms. The second kappa shape index (κ2) is 8.62. The van der Waals surface area contributed by atoms with Crippen LogP contribution in [-0.2, 0) is 4.74 Å². The molecule has 7 nitrogen and oxygen atoms in total. The number of nitro benzene ring substituents is 1. The van der Waals surface area contributed by atoms with Gasteiger partial charge in [-0.1, -0.05) is 0 Å². The van der Waals surface area contributed by atoms with Gasteiger partial charge in [-0.05, 0) is 43.3 Å². The molecule has 0 aromatic heterocycles. The summed E-state index contributed by atoms with van der Waals surface area (Å²) in [5.74, 6) is -0.567. The molecule has 0 saturated carbocycles. The topological polar surface area (TPSA) is 87.9 Å². The van der Waals surface area contributed by atoms with Crippen molar-refractivity contribution in [1.82, 2.24) is 0 Å². The Morgan fingerprint density at radius 1 is 1.12 bits per heavy atom. The van der Waals surface area contributed by atoms with Crippen LogP contribution in [0.1, 0.15) is 17.3 Å². The maximum Gasteiger partial charge on any atom is 0.338 e. The highest BCUT2D eigenvalue weighted by atomic mass is 19.1. The fraction of sp³-hybridized carbons (Fsp3) is 0.235. The van der Waals surface area contributed by atoms with Crippen molar-refractivity contribution in [2.24, 2.45) is 0 Å². The van der Waals surface area contributed by atoms with Gasteiger partial charge in [0.2, 0.25) is 0 Å². The van der Waals surface area contributed by atoms with Gasteiger partial charge in [0.15, 0.2) is 5.75 Å². The van der Waals surface area contributed by atoms with Crippen molar-refractivity contribution in [2.75, 3.05) is 19.8 Å². The maximum atomic E-state index is 12.8. The minimum Gasteiger partial charge on any atom is -0.490 e. The standard InChI is InChI=1S/C17H16FNO6/c1-2-23-16-8-3-12(11-15(16)19(21)22)17(20)25-10-9-24-14-6-4-13(18)5-7-14/h3-8,11H,2,9-10H2,1H3. The Morgan fingerprint density at radius 2 is 1.84 bits per heavy atom.